The van der Waals surface area contributed by atoms with Gasteiger partial charge in [0.15, 0.2) is 0 Å². The van der Waals surface area contributed by atoms with E-state index in [1.54, 1.807) is 17.8 Å². The van der Waals surface area contributed by atoms with Crippen molar-refractivity contribution in [3.63, 3.8) is 0 Å². The number of hydrogen-bond acceptors (Lipinski definition) is 3. The van der Waals surface area contributed by atoms with Crippen LogP contribution in [0.2, 0.25) is 0 Å². The van der Waals surface area contributed by atoms with Gasteiger partial charge in [0.25, 0.3) is 0 Å². The standard InChI is InChI=1S/C15H22N2O3S/c1-10(2)11-5-4-6-12(9-11)16-15(20)17-13(14(18)19)7-8-21-3/h4-6,9-10,13H,7-8H2,1-3H3,(H,18,19)(H2,16,17,20). The van der Waals surface area contributed by atoms with E-state index in [1.807, 2.05) is 24.5 Å². The first-order valence-corrected chi connectivity index (χ1v) is 8.22. The molecule has 0 spiro atoms. The van der Waals surface area contributed by atoms with E-state index >= 15 is 0 Å². The lowest BCUT2D eigenvalue weighted by molar-refractivity contribution is -0.139. The molecule has 5 nitrogen and oxygen atoms in total. The highest BCUT2D eigenvalue weighted by Gasteiger charge is 2.19. The van der Waals surface area contributed by atoms with Crippen LogP contribution in [-0.2, 0) is 4.79 Å². The van der Waals surface area contributed by atoms with Gasteiger partial charge in [-0.05, 0) is 42.0 Å². The number of carboxylic acids is 1. The van der Waals surface area contributed by atoms with Crippen molar-refractivity contribution in [2.24, 2.45) is 0 Å². The van der Waals surface area contributed by atoms with Gasteiger partial charge < -0.3 is 15.7 Å². The van der Waals surface area contributed by atoms with Crippen molar-refractivity contribution >= 4 is 29.4 Å². The van der Waals surface area contributed by atoms with Crippen molar-refractivity contribution in [3.05, 3.63) is 29.8 Å². The maximum absolute atomic E-state index is 11.9. The Morgan fingerprint density at radius 1 is 1.33 bits per heavy atom. The van der Waals surface area contributed by atoms with Gasteiger partial charge >= 0.3 is 12.0 Å². The van der Waals surface area contributed by atoms with Gasteiger partial charge in [-0.3, -0.25) is 0 Å². The van der Waals surface area contributed by atoms with E-state index in [9.17, 15) is 9.59 Å². The highest BCUT2D eigenvalue weighted by atomic mass is 32.2. The Bertz CT molecular complexity index is 492. The van der Waals surface area contributed by atoms with Gasteiger partial charge in [0, 0.05) is 5.69 Å². The fourth-order valence-electron chi connectivity index (χ4n) is 1.79. The van der Waals surface area contributed by atoms with E-state index in [2.05, 4.69) is 24.5 Å². The van der Waals surface area contributed by atoms with Gasteiger partial charge in [0.05, 0.1) is 0 Å². The third-order valence-corrected chi connectivity index (χ3v) is 3.67. The summed E-state index contributed by atoms with van der Waals surface area (Å²) in [6.07, 6.45) is 2.30. The number of rotatable bonds is 7. The zero-order chi connectivity index (χ0) is 15.8. The number of carboxylic acid groups (broad SMARTS) is 1. The lowest BCUT2D eigenvalue weighted by Crippen LogP contribution is -2.43. The minimum absolute atomic E-state index is 0.364. The normalized spacial score (nSPS) is 12.0. The van der Waals surface area contributed by atoms with Crippen LogP contribution in [0.1, 0.15) is 31.7 Å². The number of anilines is 1. The zero-order valence-corrected chi connectivity index (χ0v) is 13.4. The molecule has 1 aromatic rings. The Kier molecular flexibility index (Phi) is 7.08. The number of aliphatic carboxylic acids is 1. The average molecular weight is 310 g/mol. The Labute approximate surface area is 129 Å². The van der Waals surface area contributed by atoms with E-state index in [1.165, 1.54) is 0 Å². The molecule has 0 bridgehead atoms. The largest absolute Gasteiger partial charge is 0.480 e. The molecule has 21 heavy (non-hydrogen) atoms. The molecule has 3 N–H and O–H groups in total. The second-order valence-corrected chi connectivity index (χ2v) is 6.04. The summed E-state index contributed by atoms with van der Waals surface area (Å²) in [7, 11) is 0. The molecule has 1 atom stereocenters. The molecule has 6 heteroatoms. The van der Waals surface area contributed by atoms with Crippen LogP contribution in [0.5, 0.6) is 0 Å². The molecular formula is C15H22N2O3S. The van der Waals surface area contributed by atoms with E-state index in [0.29, 0.717) is 23.8 Å². The molecule has 1 rings (SSSR count). The van der Waals surface area contributed by atoms with Crippen LogP contribution < -0.4 is 10.6 Å². The summed E-state index contributed by atoms with van der Waals surface area (Å²) in [5.41, 5.74) is 1.78. The highest BCUT2D eigenvalue weighted by molar-refractivity contribution is 7.98. The molecule has 0 radical (unpaired) electrons. The van der Waals surface area contributed by atoms with Crippen LogP contribution >= 0.6 is 11.8 Å². The van der Waals surface area contributed by atoms with Crippen molar-refractivity contribution < 1.29 is 14.7 Å². The van der Waals surface area contributed by atoms with E-state index in [0.717, 1.165) is 5.56 Å². The van der Waals surface area contributed by atoms with Crippen LogP contribution in [0.15, 0.2) is 24.3 Å². The van der Waals surface area contributed by atoms with E-state index in [4.69, 9.17) is 5.11 Å². The van der Waals surface area contributed by atoms with Gasteiger partial charge in [0.1, 0.15) is 6.04 Å². The Balaban J connectivity index is 2.63. The van der Waals surface area contributed by atoms with E-state index < -0.39 is 18.0 Å². The predicted molar refractivity (Wildman–Crippen MR) is 87.1 cm³/mol. The summed E-state index contributed by atoms with van der Waals surface area (Å²) < 4.78 is 0. The predicted octanol–water partition coefficient (Wildman–Crippen LogP) is 3.14. The first-order chi connectivity index (χ1) is 9.93. The van der Waals surface area contributed by atoms with Crippen molar-refractivity contribution in [1.82, 2.24) is 5.32 Å². The number of hydrogen-bond donors (Lipinski definition) is 3. The number of thioether (sulfide) groups is 1. The second kappa shape index (κ2) is 8.56. The Morgan fingerprint density at radius 2 is 2.05 bits per heavy atom. The fourth-order valence-corrected chi connectivity index (χ4v) is 2.27. The quantitative estimate of drug-likeness (QED) is 0.723. The van der Waals surface area contributed by atoms with E-state index in [-0.39, 0.29) is 0 Å². The summed E-state index contributed by atoms with van der Waals surface area (Å²) >= 11 is 1.55. The third kappa shape index (κ3) is 6.08. The fraction of sp³-hybridized carbons (Fsp3) is 0.467. The summed E-state index contributed by atoms with van der Waals surface area (Å²) in [6, 6.07) is 6.17. The zero-order valence-electron chi connectivity index (χ0n) is 12.6. The van der Waals surface area contributed by atoms with Gasteiger partial charge in [-0.1, -0.05) is 26.0 Å². The maximum Gasteiger partial charge on any atom is 0.326 e. The van der Waals surface area contributed by atoms with Crippen LogP contribution in [-0.4, -0.2) is 35.2 Å². The van der Waals surface area contributed by atoms with Crippen molar-refractivity contribution in [3.8, 4) is 0 Å². The lowest BCUT2D eigenvalue weighted by atomic mass is 10.0. The molecular weight excluding hydrogens is 288 g/mol. The molecule has 0 saturated heterocycles. The Morgan fingerprint density at radius 3 is 2.62 bits per heavy atom. The summed E-state index contributed by atoms with van der Waals surface area (Å²) in [5, 5.41) is 14.2. The smallest absolute Gasteiger partial charge is 0.326 e. The molecule has 116 valence electrons. The molecule has 0 aliphatic rings. The molecule has 0 aliphatic carbocycles. The summed E-state index contributed by atoms with van der Waals surface area (Å²) in [6.45, 7) is 4.14. The maximum atomic E-state index is 11.9. The van der Waals surface area contributed by atoms with Gasteiger partial charge in [0.2, 0.25) is 0 Å². The molecule has 0 saturated carbocycles. The minimum Gasteiger partial charge on any atom is -0.480 e. The van der Waals surface area contributed by atoms with Gasteiger partial charge in [-0.15, -0.1) is 0 Å². The molecule has 1 aromatic carbocycles. The Hall–Kier alpha value is -1.69. The molecule has 0 fully saturated rings. The lowest BCUT2D eigenvalue weighted by Gasteiger charge is -2.15. The van der Waals surface area contributed by atoms with Crippen molar-refractivity contribution in [1.29, 1.82) is 0 Å². The van der Waals surface area contributed by atoms with Crippen LogP contribution in [0.4, 0.5) is 10.5 Å². The number of amides is 2. The number of benzene rings is 1. The highest BCUT2D eigenvalue weighted by Crippen LogP contribution is 2.18. The minimum atomic E-state index is -1.02. The summed E-state index contributed by atoms with van der Waals surface area (Å²) in [4.78, 5) is 23.0. The number of carbonyl (C=O) groups excluding carboxylic acids is 1. The van der Waals surface area contributed by atoms with Crippen LogP contribution in [0.3, 0.4) is 0 Å². The number of nitrogens with one attached hydrogen (secondary N) is 2. The summed E-state index contributed by atoms with van der Waals surface area (Å²) in [5.74, 6) is 0.0263. The van der Waals surface area contributed by atoms with Gasteiger partial charge in [-0.25, -0.2) is 9.59 Å². The first kappa shape index (κ1) is 17.4. The molecule has 0 aliphatic heterocycles. The molecule has 2 amide bonds. The average Bonchev–Trinajstić information content (AvgIpc) is 2.43. The number of carbonyl (C=O) groups is 2. The van der Waals surface area contributed by atoms with Crippen molar-refractivity contribution in [2.45, 2.75) is 32.2 Å². The van der Waals surface area contributed by atoms with Crippen LogP contribution in [0.25, 0.3) is 0 Å². The monoisotopic (exact) mass is 310 g/mol. The van der Waals surface area contributed by atoms with Crippen LogP contribution in [0, 0.1) is 0 Å². The second-order valence-electron chi connectivity index (χ2n) is 5.05. The van der Waals surface area contributed by atoms with Crippen molar-refractivity contribution in [2.75, 3.05) is 17.3 Å². The molecule has 0 aromatic heterocycles. The molecule has 0 heterocycles. The number of urea groups is 1. The third-order valence-electron chi connectivity index (χ3n) is 3.03. The van der Waals surface area contributed by atoms with Gasteiger partial charge in [-0.2, -0.15) is 11.8 Å². The SMILES string of the molecule is CSCCC(NC(=O)Nc1cccc(C(C)C)c1)C(=O)O. The topological polar surface area (TPSA) is 78.4 Å². The first-order valence-electron chi connectivity index (χ1n) is 6.83. The molecule has 1 unspecified atom stereocenters.